The Bertz CT molecular complexity index is 879. The second kappa shape index (κ2) is 11.4. The molecule has 2 aliphatic rings. The molecule has 186 valence electrons. The largest absolute Gasteiger partial charge is 0.466 e. The number of ether oxygens (including phenoxy) is 3. The van der Waals surface area contributed by atoms with Gasteiger partial charge in [0.25, 0.3) is 0 Å². The lowest BCUT2D eigenvalue weighted by Gasteiger charge is -2.44. The van der Waals surface area contributed by atoms with E-state index < -0.39 is 11.7 Å². The van der Waals surface area contributed by atoms with Crippen molar-refractivity contribution < 1.29 is 28.6 Å². The minimum absolute atomic E-state index is 0.00366. The van der Waals surface area contributed by atoms with Crippen LogP contribution in [-0.2, 0) is 25.6 Å². The quantitative estimate of drug-likeness (QED) is 0.359. The van der Waals surface area contributed by atoms with Crippen LogP contribution >= 0.6 is 0 Å². The van der Waals surface area contributed by atoms with Crippen LogP contribution in [0.4, 0.5) is 9.59 Å². The number of carbonyl (C=O) groups excluding carboxylic acids is 3. The second-order valence-corrected chi connectivity index (χ2v) is 10.0. The first kappa shape index (κ1) is 25.6. The highest BCUT2D eigenvalue weighted by atomic mass is 16.6. The fraction of sp³-hybridized carbons (Fsp3) is 0.577. The van der Waals surface area contributed by atoms with E-state index in [1.54, 1.807) is 9.80 Å². The molecule has 1 saturated heterocycles. The molecule has 2 amide bonds. The molecular formula is C26H36N2O6. The van der Waals surface area contributed by atoms with Crippen molar-refractivity contribution in [2.24, 2.45) is 11.8 Å². The van der Waals surface area contributed by atoms with Gasteiger partial charge in [-0.1, -0.05) is 42.5 Å². The first-order valence-electron chi connectivity index (χ1n) is 11.9. The molecule has 0 aromatic heterocycles. The van der Waals surface area contributed by atoms with Crippen molar-refractivity contribution in [2.75, 3.05) is 26.2 Å². The highest BCUT2D eigenvalue weighted by Gasteiger charge is 2.40. The molecule has 1 fully saturated rings. The molecule has 3 atom stereocenters. The summed E-state index contributed by atoms with van der Waals surface area (Å²) in [6, 6.07) is 9.40. The van der Waals surface area contributed by atoms with Crippen LogP contribution in [-0.4, -0.2) is 65.8 Å². The molecule has 1 aromatic rings. The first-order chi connectivity index (χ1) is 16.1. The summed E-state index contributed by atoms with van der Waals surface area (Å²) < 4.78 is 16.5. The molecule has 0 aliphatic carbocycles. The zero-order valence-electron chi connectivity index (χ0n) is 20.6. The van der Waals surface area contributed by atoms with Crippen LogP contribution in [0.3, 0.4) is 0 Å². The molecule has 2 aliphatic heterocycles. The molecule has 34 heavy (non-hydrogen) atoms. The Kier molecular flexibility index (Phi) is 8.58. The number of esters is 1. The zero-order chi connectivity index (χ0) is 24.7. The SMILES string of the molecule is CC(=O)OC[C@H]1C[C@@H]([C@@H]2CC=CCN2C(=O)OC(C)(C)C)CN(C(=O)OCc2ccccc2)C1. The molecule has 0 spiro atoms. The summed E-state index contributed by atoms with van der Waals surface area (Å²) >= 11 is 0. The van der Waals surface area contributed by atoms with Crippen molar-refractivity contribution in [2.45, 2.75) is 58.8 Å². The number of carbonyl (C=O) groups is 3. The standard InChI is InChI=1S/C26H36N2O6/c1-19(29)32-18-21-14-22(23-12-8-9-13-28(23)25(31)34-26(2,3)4)16-27(15-21)24(30)33-17-20-10-6-5-7-11-20/h5-11,21-23H,12-18H2,1-4H3/t21-,22+,23-/m0/s1. The van der Waals surface area contributed by atoms with Crippen molar-refractivity contribution in [3.8, 4) is 0 Å². The number of piperidine rings is 1. The lowest BCUT2D eigenvalue weighted by Crippen LogP contribution is -2.54. The number of benzene rings is 1. The van der Waals surface area contributed by atoms with Crippen molar-refractivity contribution in [1.82, 2.24) is 9.80 Å². The number of hydrogen-bond donors (Lipinski definition) is 0. The molecular weight excluding hydrogens is 436 g/mol. The van der Waals surface area contributed by atoms with Crippen molar-refractivity contribution in [3.63, 3.8) is 0 Å². The fourth-order valence-corrected chi connectivity index (χ4v) is 4.50. The Balaban J connectivity index is 1.73. The highest BCUT2D eigenvalue weighted by Crippen LogP contribution is 2.32. The van der Waals surface area contributed by atoms with Gasteiger partial charge < -0.3 is 24.0 Å². The van der Waals surface area contributed by atoms with E-state index in [9.17, 15) is 14.4 Å². The van der Waals surface area contributed by atoms with Gasteiger partial charge >= 0.3 is 18.2 Å². The van der Waals surface area contributed by atoms with Gasteiger partial charge in [0.1, 0.15) is 12.2 Å². The van der Waals surface area contributed by atoms with E-state index in [1.165, 1.54) is 6.92 Å². The maximum absolute atomic E-state index is 13.0. The maximum atomic E-state index is 13.0. The highest BCUT2D eigenvalue weighted by molar-refractivity contribution is 5.70. The molecule has 0 radical (unpaired) electrons. The van der Waals surface area contributed by atoms with Crippen LogP contribution in [0.2, 0.25) is 0 Å². The van der Waals surface area contributed by atoms with Crippen LogP contribution in [0.15, 0.2) is 42.5 Å². The molecule has 0 unspecified atom stereocenters. The fourth-order valence-electron chi connectivity index (χ4n) is 4.50. The summed E-state index contributed by atoms with van der Waals surface area (Å²) in [5, 5.41) is 0. The Hall–Kier alpha value is -3.03. The Morgan fingerprint density at radius 3 is 2.41 bits per heavy atom. The van der Waals surface area contributed by atoms with E-state index in [-0.39, 0.29) is 43.2 Å². The van der Waals surface area contributed by atoms with Gasteiger partial charge in [0, 0.05) is 38.5 Å². The van der Waals surface area contributed by atoms with E-state index in [4.69, 9.17) is 14.2 Å². The summed E-state index contributed by atoms with van der Waals surface area (Å²) in [5.74, 6) is -0.398. The van der Waals surface area contributed by atoms with Gasteiger partial charge in [0.2, 0.25) is 0 Å². The van der Waals surface area contributed by atoms with Crippen LogP contribution in [0.5, 0.6) is 0 Å². The van der Waals surface area contributed by atoms with E-state index in [0.717, 1.165) is 12.0 Å². The third kappa shape index (κ3) is 7.50. The number of hydrogen-bond acceptors (Lipinski definition) is 6. The minimum Gasteiger partial charge on any atom is -0.466 e. The van der Waals surface area contributed by atoms with Gasteiger partial charge in [-0.25, -0.2) is 9.59 Å². The predicted molar refractivity (Wildman–Crippen MR) is 127 cm³/mol. The average Bonchev–Trinajstić information content (AvgIpc) is 2.80. The van der Waals surface area contributed by atoms with E-state index >= 15 is 0 Å². The van der Waals surface area contributed by atoms with Gasteiger partial charge in [-0.05, 0) is 45.1 Å². The molecule has 8 nitrogen and oxygen atoms in total. The number of amides is 2. The molecule has 0 N–H and O–H groups in total. The smallest absolute Gasteiger partial charge is 0.410 e. The van der Waals surface area contributed by atoms with Crippen molar-refractivity contribution in [1.29, 1.82) is 0 Å². The molecule has 2 heterocycles. The molecule has 1 aromatic carbocycles. The molecule has 3 rings (SSSR count). The maximum Gasteiger partial charge on any atom is 0.410 e. The predicted octanol–water partition coefficient (Wildman–Crippen LogP) is 4.39. The average molecular weight is 473 g/mol. The van der Waals surface area contributed by atoms with Crippen molar-refractivity contribution >= 4 is 18.2 Å². The monoisotopic (exact) mass is 472 g/mol. The Labute approximate surface area is 201 Å². The van der Waals surface area contributed by atoms with Gasteiger partial charge in [-0.2, -0.15) is 0 Å². The van der Waals surface area contributed by atoms with E-state index in [1.807, 2.05) is 57.2 Å². The second-order valence-electron chi connectivity index (χ2n) is 10.0. The zero-order valence-corrected chi connectivity index (χ0v) is 20.6. The summed E-state index contributed by atoms with van der Waals surface area (Å²) in [6.45, 7) is 8.69. The van der Waals surface area contributed by atoms with Crippen LogP contribution < -0.4 is 0 Å². The Morgan fingerprint density at radius 1 is 1.00 bits per heavy atom. The van der Waals surface area contributed by atoms with Crippen molar-refractivity contribution in [3.05, 3.63) is 48.0 Å². The van der Waals surface area contributed by atoms with Gasteiger partial charge in [0.15, 0.2) is 0 Å². The van der Waals surface area contributed by atoms with Crippen LogP contribution in [0, 0.1) is 11.8 Å². The summed E-state index contributed by atoms with van der Waals surface area (Å²) in [4.78, 5) is 40.7. The lowest BCUT2D eigenvalue weighted by molar-refractivity contribution is -0.143. The van der Waals surface area contributed by atoms with Gasteiger partial charge in [0.05, 0.1) is 6.61 Å². The molecule has 0 saturated carbocycles. The minimum atomic E-state index is -0.597. The molecule has 8 heteroatoms. The number of rotatable bonds is 5. The normalized spacial score (nSPS) is 22.8. The lowest BCUT2D eigenvalue weighted by atomic mass is 9.82. The molecule has 0 bridgehead atoms. The summed E-state index contributed by atoms with van der Waals surface area (Å²) in [5.41, 5.74) is 0.315. The van der Waals surface area contributed by atoms with E-state index in [0.29, 0.717) is 26.1 Å². The number of nitrogens with zero attached hydrogens (tertiary/aromatic N) is 2. The van der Waals surface area contributed by atoms with Gasteiger partial charge in [-0.15, -0.1) is 0 Å². The topological polar surface area (TPSA) is 85.4 Å². The van der Waals surface area contributed by atoms with Crippen LogP contribution in [0.25, 0.3) is 0 Å². The Morgan fingerprint density at radius 2 is 1.74 bits per heavy atom. The first-order valence-corrected chi connectivity index (χ1v) is 11.9. The summed E-state index contributed by atoms with van der Waals surface area (Å²) in [6.07, 6.45) is 4.67. The van der Waals surface area contributed by atoms with E-state index in [2.05, 4.69) is 6.08 Å². The number of likely N-dealkylation sites (tertiary alicyclic amines) is 1. The third-order valence-electron chi connectivity index (χ3n) is 5.97. The third-order valence-corrected chi connectivity index (χ3v) is 5.97. The van der Waals surface area contributed by atoms with Gasteiger partial charge in [-0.3, -0.25) is 4.79 Å². The van der Waals surface area contributed by atoms with Crippen LogP contribution in [0.1, 0.15) is 46.1 Å². The summed E-state index contributed by atoms with van der Waals surface area (Å²) in [7, 11) is 0.